The molecule has 0 aromatic rings. The van der Waals surface area contributed by atoms with E-state index in [1.54, 1.807) is 0 Å². The molecule has 0 radical (unpaired) electrons. The number of carboxylic acids is 1. The molecule has 0 aromatic carbocycles. The van der Waals surface area contributed by atoms with E-state index >= 15 is 0 Å². The van der Waals surface area contributed by atoms with E-state index in [4.69, 9.17) is 0 Å². The molecule has 14 heavy (non-hydrogen) atoms. The Morgan fingerprint density at radius 3 is 2.43 bits per heavy atom. The Balaban J connectivity index is 1.84. The van der Waals surface area contributed by atoms with Crippen molar-refractivity contribution in [1.82, 2.24) is 5.32 Å². The van der Waals surface area contributed by atoms with Crippen LogP contribution in [0.25, 0.3) is 0 Å². The van der Waals surface area contributed by atoms with E-state index in [1.807, 2.05) is 0 Å². The lowest BCUT2D eigenvalue weighted by molar-refractivity contribution is -0.158. The summed E-state index contributed by atoms with van der Waals surface area (Å²) in [5.41, 5.74) is -0.389. The van der Waals surface area contributed by atoms with Crippen LogP contribution >= 0.6 is 0 Å². The van der Waals surface area contributed by atoms with Crippen LogP contribution in [0.1, 0.15) is 25.7 Å². The van der Waals surface area contributed by atoms with Gasteiger partial charge in [-0.05, 0) is 37.0 Å². The number of fused-ring (bicyclic) bond motifs is 2. The fourth-order valence-corrected chi connectivity index (χ4v) is 3.89. The van der Waals surface area contributed by atoms with Crippen molar-refractivity contribution in [3.8, 4) is 0 Å². The third-order valence-electron chi connectivity index (χ3n) is 4.75. The van der Waals surface area contributed by atoms with Crippen LogP contribution in [0.4, 0.5) is 0 Å². The first-order valence-electron chi connectivity index (χ1n) is 5.66. The maximum Gasteiger partial charge on any atom is 0.312 e. The predicted molar refractivity (Wildman–Crippen MR) is 51.9 cm³/mol. The molecule has 2 aliphatic carbocycles. The summed E-state index contributed by atoms with van der Waals surface area (Å²) >= 11 is 0. The van der Waals surface area contributed by atoms with E-state index in [0.29, 0.717) is 19.0 Å². The summed E-state index contributed by atoms with van der Waals surface area (Å²) in [5, 5.41) is 12.5. The van der Waals surface area contributed by atoms with Gasteiger partial charge in [0.25, 0.3) is 0 Å². The average Bonchev–Trinajstić information content (AvgIpc) is 2.61. The standard InChI is InChI=1S/C11H17NO2/c13-10(14)11(5-12-6-11)9-4-7-1-2-8(9)3-7/h7-9,12H,1-6H2,(H,13,14). The van der Waals surface area contributed by atoms with Crippen LogP contribution < -0.4 is 5.32 Å². The molecule has 3 atom stereocenters. The van der Waals surface area contributed by atoms with Gasteiger partial charge in [0, 0.05) is 13.1 Å². The second-order valence-electron chi connectivity index (χ2n) is 5.35. The Hall–Kier alpha value is -0.570. The molecule has 3 heteroatoms. The smallest absolute Gasteiger partial charge is 0.312 e. The van der Waals surface area contributed by atoms with Gasteiger partial charge in [-0.1, -0.05) is 6.42 Å². The van der Waals surface area contributed by atoms with Crippen molar-refractivity contribution in [1.29, 1.82) is 0 Å². The molecule has 0 aromatic heterocycles. The third-order valence-corrected chi connectivity index (χ3v) is 4.75. The van der Waals surface area contributed by atoms with Gasteiger partial charge in [-0.15, -0.1) is 0 Å². The largest absolute Gasteiger partial charge is 0.481 e. The molecule has 3 unspecified atom stereocenters. The minimum absolute atomic E-state index is 0.389. The molecule has 78 valence electrons. The molecule has 0 spiro atoms. The lowest BCUT2D eigenvalue weighted by Gasteiger charge is -2.46. The van der Waals surface area contributed by atoms with Gasteiger partial charge in [0.1, 0.15) is 0 Å². The second-order valence-corrected chi connectivity index (χ2v) is 5.35. The van der Waals surface area contributed by atoms with E-state index in [2.05, 4.69) is 5.32 Å². The summed E-state index contributed by atoms with van der Waals surface area (Å²) in [6.07, 6.45) is 5.12. The number of hydrogen-bond acceptors (Lipinski definition) is 2. The highest BCUT2D eigenvalue weighted by Crippen LogP contribution is 2.55. The highest BCUT2D eigenvalue weighted by molar-refractivity contribution is 5.77. The van der Waals surface area contributed by atoms with Crippen molar-refractivity contribution in [3.05, 3.63) is 0 Å². The Morgan fingerprint density at radius 2 is 2.07 bits per heavy atom. The SMILES string of the molecule is O=C(O)C1(C2CC3CCC2C3)CNC1. The molecule has 3 aliphatic rings. The monoisotopic (exact) mass is 195 g/mol. The normalized spacial score (nSPS) is 43.6. The summed E-state index contributed by atoms with van der Waals surface area (Å²) in [6, 6.07) is 0. The summed E-state index contributed by atoms with van der Waals surface area (Å²) in [7, 11) is 0. The molecule has 1 aliphatic heterocycles. The molecule has 1 heterocycles. The van der Waals surface area contributed by atoms with Gasteiger partial charge in [0.15, 0.2) is 0 Å². The lowest BCUT2D eigenvalue weighted by atomic mass is 9.64. The van der Waals surface area contributed by atoms with Crippen LogP contribution in [0.2, 0.25) is 0 Å². The molecule has 0 amide bonds. The minimum Gasteiger partial charge on any atom is -0.481 e. The Labute approximate surface area is 83.9 Å². The van der Waals surface area contributed by atoms with E-state index in [1.165, 1.54) is 25.7 Å². The number of carbonyl (C=O) groups is 1. The van der Waals surface area contributed by atoms with E-state index in [9.17, 15) is 9.90 Å². The van der Waals surface area contributed by atoms with Crippen molar-refractivity contribution in [2.24, 2.45) is 23.2 Å². The highest BCUT2D eigenvalue weighted by atomic mass is 16.4. The molecule has 1 saturated heterocycles. The molecular weight excluding hydrogens is 178 g/mol. The van der Waals surface area contributed by atoms with Crippen molar-refractivity contribution in [3.63, 3.8) is 0 Å². The number of hydrogen-bond donors (Lipinski definition) is 2. The van der Waals surface area contributed by atoms with Crippen LogP contribution in [0.5, 0.6) is 0 Å². The zero-order valence-corrected chi connectivity index (χ0v) is 8.33. The van der Waals surface area contributed by atoms with Crippen LogP contribution in [0.15, 0.2) is 0 Å². The van der Waals surface area contributed by atoms with E-state index < -0.39 is 5.97 Å². The van der Waals surface area contributed by atoms with Crippen LogP contribution in [0, 0.1) is 23.2 Å². The molecule has 2 saturated carbocycles. The molecular formula is C11H17NO2. The maximum atomic E-state index is 11.3. The predicted octanol–water partition coefficient (Wildman–Crippen LogP) is 1.10. The summed E-state index contributed by atoms with van der Waals surface area (Å²) in [5.74, 6) is 1.48. The summed E-state index contributed by atoms with van der Waals surface area (Å²) in [4.78, 5) is 11.3. The van der Waals surface area contributed by atoms with Gasteiger partial charge in [0.05, 0.1) is 5.41 Å². The quantitative estimate of drug-likeness (QED) is 0.693. The Bertz CT molecular complexity index is 272. The van der Waals surface area contributed by atoms with Crippen molar-refractivity contribution in [2.75, 3.05) is 13.1 Å². The molecule has 3 nitrogen and oxygen atoms in total. The Kier molecular flexibility index (Phi) is 1.69. The molecule has 2 bridgehead atoms. The maximum absolute atomic E-state index is 11.3. The second kappa shape index (κ2) is 2.72. The first-order chi connectivity index (χ1) is 6.72. The fraction of sp³-hybridized carbons (Fsp3) is 0.909. The average molecular weight is 195 g/mol. The van der Waals surface area contributed by atoms with Gasteiger partial charge >= 0.3 is 5.97 Å². The fourth-order valence-electron chi connectivity index (χ4n) is 3.89. The zero-order chi connectivity index (χ0) is 9.76. The van der Waals surface area contributed by atoms with Gasteiger partial charge in [-0.3, -0.25) is 4.79 Å². The molecule has 3 rings (SSSR count). The number of nitrogens with one attached hydrogen (secondary N) is 1. The van der Waals surface area contributed by atoms with Gasteiger partial charge in [-0.25, -0.2) is 0 Å². The molecule has 3 fully saturated rings. The van der Waals surface area contributed by atoms with Gasteiger partial charge in [-0.2, -0.15) is 0 Å². The molecule has 2 N–H and O–H groups in total. The van der Waals surface area contributed by atoms with Crippen LogP contribution in [0.3, 0.4) is 0 Å². The minimum atomic E-state index is -0.561. The van der Waals surface area contributed by atoms with Crippen molar-refractivity contribution >= 4 is 5.97 Å². The number of carboxylic acid groups (broad SMARTS) is 1. The van der Waals surface area contributed by atoms with E-state index in [0.717, 1.165) is 11.8 Å². The van der Waals surface area contributed by atoms with Crippen LogP contribution in [-0.4, -0.2) is 24.2 Å². The van der Waals surface area contributed by atoms with Crippen molar-refractivity contribution in [2.45, 2.75) is 25.7 Å². The summed E-state index contributed by atoms with van der Waals surface area (Å²) in [6.45, 7) is 1.41. The third kappa shape index (κ3) is 0.937. The topological polar surface area (TPSA) is 49.3 Å². The Morgan fingerprint density at radius 1 is 1.29 bits per heavy atom. The zero-order valence-electron chi connectivity index (χ0n) is 8.33. The first kappa shape index (κ1) is 8.72. The van der Waals surface area contributed by atoms with E-state index in [-0.39, 0.29) is 5.41 Å². The summed E-state index contributed by atoms with van der Waals surface area (Å²) < 4.78 is 0. The number of aliphatic carboxylic acids is 1. The first-order valence-corrected chi connectivity index (χ1v) is 5.66. The number of rotatable bonds is 2. The van der Waals surface area contributed by atoms with Crippen molar-refractivity contribution < 1.29 is 9.90 Å². The highest BCUT2D eigenvalue weighted by Gasteiger charge is 2.57. The van der Waals surface area contributed by atoms with Gasteiger partial charge < -0.3 is 10.4 Å². The lowest BCUT2D eigenvalue weighted by Crippen LogP contribution is -2.62. The van der Waals surface area contributed by atoms with Gasteiger partial charge in [0.2, 0.25) is 0 Å². The van der Waals surface area contributed by atoms with Crippen LogP contribution in [-0.2, 0) is 4.79 Å².